The first-order valence-electron chi connectivity index (χ1n) is 8.64. The number of allylic oxidation sites excluding steroid dienone is 1. The topological polar surface area (TPSA) is 38.1 Å². The molecule has 2 aromatic heterocycles. The van der Waals surface area contributed by atoms with Crippen LogP contribution in [0.4, 0.5) is 0 Å². The Morgan fingerprint density at radius 1 is 0.667 bits per heavy atom. The number of benzene rings is 2. The van der Waals surface area contributed by atoms with E-state index in [2.05, 4.69) is 30.3 Å². The monoisotopic (exact) mass is 477 g/mol. The van der Waals surface area contributed by atoms with Crippen molar-refractivity contribution < 1.29 is 13.1 Å². The molecule has 0 fully saturated rings. The number of aromatic nitrogens is 2. The first kappa shape index (κ1) is 24.0. The van der Waals surface area contributed by atoms with Gasteiger partial charge in [-0.3, -0.25) is 0 Å². The minimum absolute atomic E-state index is 0. The summed E-state index contributed by atoms with van der Waals surface area (Å²) in [7, 11) is 9.53. The number of halogens is 2. The Morgan fingerprint density at radius 2 is 1.17 bits per heavy atom. The van der Waals surface area contributed by atoms with Gasteiger partial charge in [0.25, 0.3) is 0 Å². The second-order valence-electron chi connectivity index (χ2n) is 6.18. The van der Waals surface area contributed by atoms with E-state index in [1.165, 1.54) is 0 Å². The van der Waals surface area contributed by atoms with Crippen molar-refractivity contribution in [3.8, 4) is 0 Å². The van der Waals surface area contributed by atoms with Crippen LogP contribution in [0.15, 0.2) is 83.9 Å². The molecule has 1 aliphatic heterocycles. The zero-order valence-corrected chi connectivity index (χ0v) is 19.3. The first-order valence-corrected chi connectivity index (χ1v) is 11.7. The third-order valence-electron chi connectivity index (χ3n) is 4.50. The van der Waals surface area contributed by atoms with E-state index >= 15 is 0 Å². The number of aliphatic imine (C=N–C) groups is 1. The molecule has 0 radical (unpaired) electrons. The number of pyridine rings is 2. The maximum absolute atomic E-state index is 4.79. The molecule has 5 rings (SSSR count). The van der Waals surface area contributed by atoms with E-state index in [1.807, 2.05) is 48.5 Å². The predicted octanol–water partition coefficient (Wildman–Crippen LogP) is 7.29. The number of nitrogens with zero attached hydrogens (tertiary/aromatic N) is 3. The van der Waals surface area contributed by atoms with Crippen LogP contribution < -0.4 is 0 Å². The van der Waals surface area contributed by atoms with Crippen LogP contribution in [0.2, 0.25) is 0 Å². The van der Waals surface area contributed by atoms with Crippen LogP contribution in [0.1, 0.15) is 17.8 Å². The molecule has 0 aliphatic carbocycles. The zero-order chi connectivity index (χ0) is 19.3. The molecule has 4 aromatic rings. The van der Waals surface area contributed by atoms with E-state index in [1.54, 1.807) is 0 Å². The fraction of sp³-hybridized carbons (Fsp3) is 0.0417. The van der Waals surface area contributed by atoms with Crippen LogP contribution in [-0.4, -0.2) is 15.7 Å². The van der Waals surface area contributed by atoms with Gasteiger partial charge in [-0.2, -0.15) is 0 Å². The molecule has 3 nitrogen and oxygen atoms in total. The summed E-state index contributed by atoms with van der Waals surface area (Å²) in [5.41, 5.74) is 5.76. The average molecular weight is 478 g/mol. The van der Waals surface area contributed by atoms with Gasteiger partial charge in [0, 0.05) is 17.2 Å². The molecule has 0 unspecified atom stereocenters. The van der Waals surface area contributed by atoms with Gasteiger partial charge < -0.3 is 14.9 Å². The Kier molecular flexibility index (Phi) is 9.01. The van der Waals surface area contributed by atoms with Crippen LogP contribution in [0.3, 0.4) is 0 Å². The van der Waals surface area contributed by atoms with Crippen LogP contribution in [0, 0.1) is 14.9 Å². The number of para-hydroxylation sites is 2. The standard InChI is InChI=1S/C22H15N3.2CH3.2ClH.Fe/c1-3-7-17-15(5-1)9-11-19(23-17)21-13-14-22(25-21)20-12-10-16-6-2-4-8-18(16)24-20;;;;;/h1-13H,14H2;2*1H3;2*1H;/q;2*-1;;;+2/p-2. The molecule has 6 heteroatoms. The molecule has 0 saturated carbocycles. The Hall–Kier alpha value is -2.23. The van der Waals surface area contributed by atoms with E-state index in [9.17, 15) is 0 Å². The van der Waals surface area contributed by atoms with E-state index in [0.29, 0.717) is 0 Å². The van der Waals surface area contributed by atoms with Crippen LogP contribution in [-0.2, 0) is 13.1 Å². The molecule has 1 aliphatic rings. The second kappa shape index (κ2) is 11.2. The quantitative estimate of drug-likeness (QED) is 0.224. The SMILES string of the molecule is C1=C(c2ccc3ccccc3n2)N=C(c2ccc3ccccc3n2)C1.[CH3-].[CH3-].[Cl][Fe][Cl]. The van der Waals surface area contributed by atoms with E-state index in [4.69, 9.17) is 35.2 Å². The van der Waals surface area contributed by atoms with Gasteiger partial charge in [-0.1, -0.05) is 54.6 Å². The summed E-state index contributed by atoms with van der Waals surface area (Å²) in [6.45, 7) is 0. The molecule has 0 saturated heterocycles. The third kappa shape index (κ3) is 5.27. The molecule has 0 bridgehead atoms. The molecule has 156 valence electrons. The summed E-state index contributed by atoms with van der Waals surface area (Å²) in [5.74, 6) is 0. The summed E-state index contributed by atoms with van der Waals surface area (Å²) in [4.78, 5) is 14.3. The number of hydrogen-bond acceptors (Lipinski definition) is 3. The molecule has 0 amide bonds. The number of fused-ring (bicyclic) bond motifs is 2. The molecule has 0 atom stereocenters. The van der Waals surface area contributed by atoms with Crippen LogP contribution in [0.25, 0.3) is 27.5 Å². The Balaban J connectivity index is 0.000000607. The van der Waals surface area contributed by atoms with Crippen molar-refractivity contribution in [2.45, 2.75) is 6.42 Å². The summed E-state index contributed by atoms with van der Waals surface area (Å²) < 4.78 is 0. The Morgan fingerprint density at radius 3 is 1.77 bits per heavy atom. The van der Waals surface area contributed by atoms with Crippen molar-refractivity contribution in [3.63, 3.8) is 0 Å². The van der Waals surface area contributed by atoms with E-state index in [-0.39, 0.29) is 28.0 Å². The zero-order valence-electron chi connectivity index (χ0n) is 16.7. The Labute approximate surface area is 192 Å². The molecular formula is C24H21Cl2FeN3-2. The van der Waals surface area contributed by atoms with Gasteiger partial charge in [-0.15, -0.1) is 0 Å². The van der Waals surface area contributed by atoms with Crippen molar-refractivity contribution >= 4 is 53.4 Å². The maximum atomic E-state index is 4.79. The van der Waals surface area contributed by atoms with Gasteiger partial charge in [0.15, 0.2) is 0 Å². The van der Waals surface area contributed by atoms with E-state index < -0.39 is 0 Å². The van der Waals surface area contributed by atoms with Crippen LogP contribution >= 0.6 is 20.2 Å². The molecule has 2 aromatic carbocycles. The normalized spacial score (nSPS) is 12.3. The summed E-state index contributed by atoms with van der Waals surface area (Å²) in [5, 5.41) is 2.29. The second-order valence-corrected chi connectivity index (χ2v) is 8.00. The summed E-state index contributed by atoms with van der Waals surface area (Å²) in [6.07, 6.45) is 2.92. The van der Waals surface area contributed by atoms with Gasteiger partial charge in [-0.05, 0) is 24.3 Å². The molecule has 0 spiro atoms. The van der Waals surface area contributed by atoms with Crippen LogP contribution in [0.5, 0.6) is 0 Å². The van der Waals surface area contributed by atoms with Gasteiger partial charge >= 0.3 is 33.3 Å². The van der Waals surface area contributed by atoms with Crippen molar-refractivity contribution in [1.29, 1.82) is 0 Å². The fourth-order valence-corrected chi connectivity index (χ4v) is 3.19. The summed E-state index contributed by atoms with van der Waals surface area (Å²) >= 11 is 0.194. The summed E-state index contributed by atoms with van der Waals surface area (Å²) in [6, 6.07) is 24.6. The third-order valence-corrected chi connectivity index (χ3v) is 4.50. The van der Waals surface area contributed by atoms with Gasteiger partial charge in [0.1, 0.15) is 0 Å². The molecule has 3 heterocycles. The van der Waals surface area contributed by atoms with Gasteiger partial charge in [-0.25, -0.2) is 15.0 Å². The average Bonchev–Trinajstić information content (AvgIpc) is 3.24. The minimum atomic E-state index is 0. The van der Waals surface area contributed by atoms with Crippen molar-refractivity contribution in [1.82, 2.24) is 9.97 Å². The van der Waals surface area contributed by atoms with Gasteiger partial charge in [0.2, 0.25) is 0 Å². The predicted molar refractivity (Wildman–Crippen MR) is 127 cm³/mol. The number of hydrogen-bond donors (Lipinski definition) is 0. The Bertz CT molecular complexity index is 1210. The molecular weight excluding hydrogens is 457 g/mol. The molecule has 0 N–H and O–H groups in total. The van der Waals surface area contributed by atoms with Gasteiger partial charge in [0.05, 0.1) is 33.8 Å². The first-order chi connectivity index (χ1) is 13.8. The van der Waals surface area contributed by atoms with Crippen molar-refractivity contribution in [2.75, 3.05) is 0 Å². The van der Waals surface area contributed by atoms with Crippen molar-refractivity contribution in [2.24, 2.45) is 4.99 Å². The molecule has 30 heavy (non-hydrogen) atoms. The van der Waals surface area contributed by atoms with Crippen molar-refractivity contribution in [3.05, 3.63) is 105 Å². The fourth-order valence-electron chi connectivity index (χ4n) is 3.19. The van der Waals surface area contributed by atoms with E-state index in [0.717, 1.165) is 51.0 Å². The number of rotatable bonds is 2.